The number of benzene rings is 1. The van der Waals surface area contributed by atoms with Crippen molar-refractivity contribution >= 4 is 34.8 Å². The van der Waals surface area contributed by atoms with Gasteiger partial charge in [-0.05, 0) is 30.7 Å². The van der Waals surface area contributed by atoms with E-state index in [0.717, 1.165) is 13.1 Å². The minimum atomic E-state index is 0.0122. The number of rotatable bonds is 4. The molecule has 1 aromatic carbocycles. The molecule has 6 heteroatoms. The van der Waals surface area contributed by atoms with Gasteiger partial charge in [0.2, 0.25) is 5.88 Å². The van der Waals surface area contributed by atoms with Crippen molar-refractivity contribution in [3.8, 4) is 5.88 Å². The predicted molar refractivity (Wildman–Crippen MR) is 94.9 cm³/mol. The Bertz CT molecular complexity index is 678. The molecule has 0 aliphatic carbocycles. The molecule has 1 aliphatic rings. The van der Waals surface area contributed by atoms with Gasteiger partial charge in [0.15, 0.2) is 0 Å². The lowest BCUT2D eigenvalue weighted by molar-refractivity contribution is 0.145. The third kappa shape index (κ3) is 3.92. The smallest absolute Gasteiger partial charge is 0.213 e. The van der Waals surface area contributed by atoms with Crippen LogP contribution in [0.4, 0.5) is 0 Å². The molecule has 3 nitrogen and oxygen atoms in total. The maximum atomic E-state index is 6.16. The van der Waals surface area contributed by atoms with Crippen LogP contribution in [0.5, 0.6) is 5.88 Å². The van der Waals surface area contributed by atoms with Crippen molar-refractivity contribution in [3.63, 3.8) is 0 Å². The van der Waals surface area contributed by atoms with Crippen molar-refractivity contribution in [1.82, 2.24) is 10.3 Å². The van der Waals surface area contributed by atoms with Crippen LogP contribution >= 0.6 is 34.8 Å². The average Bonchev–Trinajstić information content (AvgIpc) is 3.02. The van der Waals surface area contributed by atoms with E-state index in [2.05, 4.69) is 17.2 Å². The van der Waals surface area contributed by atoms with Gasteiger partial charge < -0.3 is 10.1 Å². The monoisotopic (exact) mass is 370 g/mol. The summed E-state index contributed by atoms with van der Waals surface area (Å²) in [6.07, 6.45) is 1.60. The van der Waals surface area contributed by atoms with Gasteiger partial charge in [-0.3, -0.25) is 0 Å². The minimum absolute atomic E-state index is 0.0122. The fraction of sp³-hybridized carbons (Fsp3) is 0.353. The predicted octanol–water partition coefficient (Wildman–Crippen LogP) is 4.81. The van der Waals surface area contributed by atoms with E-state index in [0.29, 0.717) is 32.8 Å². The standard InChI is InChI=1S/C17H17Cl3N2O/c1-10(23-17-5-3-12(18)7-22-17)13-8-21-9-14(13)11-2-4-15(19)16(20)6-11/h2-7,10,13-14,21H,8-9H2,1H3/t10-,13+,14+/m0/s1. The number of nitrogens with one attached hydrogen (secondary N) is 1. The Kier molecular flexibility index (Phi) is 5.32. The van der Waals surface area contributed by atoms with Crippen LogP contribution in [-0.4, -0.2) is 24.2 Å². The van der Waals surface area contributed by atoms with E-state index >= 15 is 0 Å². The average molecular weight is 372 g/mol. The molecule has 1 saturated heterocycles. The van der Waals surface area contributed by atoms with Gasteiger partial charge in [-0.25, -0.2) is 4.98 Å². The van der Waals surface area contributed by atoms with Crippen molar-refractivity contribution in [2.45, 2.75) is 18.9 Å². The molecule has 0 amide bonds. The van der Waals surface area contributed by atoms with Gasteiger partial charge in [0.25, 0.3) is 0 Å². The highest BCUT2D eigenvalue weighted by Crippen LogP contribution is 2.35. The third-order valence-electron chi connectivity index (χ3n) is 4.24. The van der Waals surface area contributed by atoms with Gasteiger partial charge in [0.1, 0.15) is 6.10 Å². The minimum Gasteiger partial charge on any atom is -0.474 e. The van der Waals surface area contributed by atoms with Gasteiger partial charge in [-0.2, -0.15) is 0 Å². The summed E-state index contributed by atoms with van der Waals surface area (Å²) in [6.45, 7) is 3.85. The Morgan fingerprint density at radius 3 is 2.65 bits per heavy atom. The van der Waals surface area contributed by atoms with Crippen LogP contribution in [0.2, 0.25) is 15.1 Å². The molecule has 3 rings (SSSR count). The molecule has 2 aromatic rings. The fourth-order valence-electron chi connectivity index (χ4n) is 3.01. The zero-order valence-corrected chi connectivity index (χ0v) is 14.9. The van der Waals surface area contributed by atoms with Crippen LogP contribution in [0, 0.1) is 5.92 Å². The van der Waals surface area contributed by atoms with E-state index < -0.39 is 0 Å². The number of aromatic nitrogens is 1. The van der Waals surface area contributed by atoms with Crippen LogP contribution in [-0.2, 0) is 0 Å². The molecule has 0 bridgehead atoms. The van der Waals surface area contributed by atoms with Crippen molar-refractivity contribution < 1.29 is 4.74 Å². The Labute approximate surface area is 150 Å². The highest BCUT2D eigenvalue weighted by atomic mass is 35.5. The van der Waals surface area contributed by atoms with E-state index in [9.17, 15) is 0 Å². The summed E-state index contributed by atoms with van der Waals surface area (Å²) in [7, 11) is 0. The molecule has 1 N–H and O–H groups in total. The molecule has 2 heterocycles. The van der Waals surface area contributed by atoms with Gasteiger partial charge in [-0.15, -0.1) is 0 Å². The summed E-state index contributed by atoms with van der Waals surface area (Å²) in [6, 6.07) is 9.39. The summed E-state index contributed by atoms with van der Waals surface area (Å²) in [5.41, 5.74) is 1.17. The summed E-state index contributed by atoms with van der Waals surface area (Å²) < 4.78 is 5.99. The lowest BCUT2D eigenvalue weighted by atomic mass is 9.86. The van der Waals surface area contributed by atoms with Crippen molar-refractivity contribution in [1.29, 1.82) is 0 Å². The highest BCUT2D eigenvalue weighted by Gasteiger charge is 2.34. The first-order valence-electron chi connectivity index (χ1n) is 7.48. The van der Waals surface area contributed by atoms with Gasteiger partial charge >= 0.3 is 0 Å². The van der Waals surface area contributed by atoms with Crippen LogP contribution in [0.15, 0.2) is 36.5 Å². The normalized spacial score (nSPS) is 22.1. The summed E-state index contributed by atoms with van der Waals surface area (Å²) in [5.74, 6) is 1.23. The lowest BCUT2D eigenvalue weighted by Gasteiger charge is -2.26. The Morgan fingerprint density at radius 2 is 1.96 bits per heavy atom. The van der Waals surface area contributed by atoms with E-state index in [1.54, 1.807) is 18.3 Å². The van der Waals surface area contributed by atoms with E-state index in [4.69, 9.17) is 39.5 Å². The highest BCUT2D eigenvalue weighted by molar-refractivity contribution is 6.42. The van der Waals surface area contributed by atoms with Gasteiger partial charge in [0, 0.05) is 37.2 Å². The second-order valence-electron chi connectivity index (χ2n) is 5.74. The first kappa shape index (κ1) is 16.8. The first-order valence-corrected chi connectivity index (χ1v) is 8.62. The number of nitrogens with zero attached hydrogens (tertiary/aromatic N) is 1. The quantitative estimate of drug-likeness (QED) is 0.837. The lowest BCUT2D eigenvalue weighted by Crippen LogP contribution is -2.29. The molecule has 0 unspecified atom stereocenters. The van der Waals surface area contributed by atoms with E-state index in [1.807, 2.05) is 18.2 Å². The largest absolute Gasteiger partial charge is 0.474 e. The zero-order valence-electron chi connectivity index (χ0n) is 12.6. The molecular formula is C17H17Cl3N2O. The SMILES string of the molecule is C[C@H](Oc1ccc(Cl)cn1)[C@H]1CNC[C@@H]1c1ccc(Cl)c(Cl)c1. The maximum Gasteiger partial charge on any atom is 0.213 e. The molecule has 122 valence electrons. The van der Waals surface area contributed by atoms with Crippen LogP contribution in [0.3, 0.4) is 0 Å². The molecule has 23 heavy (non-hydrogen) atoms. The Morgan fingerprint density at radius 1 is 1.13 bits per heavy atom. The van der Waals surface area contributed by atoms with Gasteiger partial charge in [-0.1, -0.05) is 40.9 Å². The zero-order chi connectivity index (χ0) is 16.4. The molecule has 1 aromatic heterocycles. The molecule has 3 atom stereocenters. The fourth-order valence-corrected chi connectivity index (χ4v) is 3.43. The summed E-state index contributed by atoms with van der Waals surface area (Å²) >= 11 is 18.0. The maximum absolute atomic E-state index is 6.16. The van der Waals surface area contributed by atoms with Crippen LogP contribution in [0.25, 0.3) is 0 Å². The molecule has 0 radical (unpaired) electrons. The van der Waals surface area contributed by atoms with E-state index in [1.165, 1.54) is 5.56 Å². The number of hydrogen-bond donors (Lipinski definition) is 1. The van der Waals surface area contributed by atoms with Gasteiger partial charge in [0.05, 0.1) is 15.1 Å². The topological polar surface area (TPSA) is 34.1 Å². The molecular weight excluding hydrogens is 355 g/mol. The van der Waals surface area contributed by atoms with Crippen LogP contribution < -0.4 is 10.1 Å². The second kappa shape index (κ2) is 7.27. The molecule has 1 fully saturated rings. The number of pyridine rings is 1. The van der Waals surface area contributed by atoms with Crippen molar-refractivity contribution in [2.24, 2.45) is 5.92 Å². The number of hydrogen-bond acceptors (Lipinski definition) is 3. The number of ether oxygens (including phenoxy) is 1. The molecule has 0 saturated carbocycles. The molecule has 0 spiro atoms. The van der Waals surface area contributed by atoms with Crippen molar-refractivity contribution in [3.05, 3.63) is 57.2 Å². The molecule has 1 aliphatic heterocycles. The van der Waals surface area contributed by atoms with E-state index in [-0.39, 0.29) is 6.10 Å². The number of halogens is 3. The third-order valence-corrected chi connectivity index (χ3v) is 5.21. The summed E-state index contributed by atoms with van der Waals surface area (Å²) in [5, 5.41) is 5.19. The van der Waals surface area contributed by atoms with Crippen molar-refractivity contribution in [2.75, 3.05) is 13.1 Å². The second-order valence-corrected chi connectivity index (χ2v) is 6.99. The summed E-state index contributed by atoms with van der Waals surface area (Å²) in [4.78, 5) is 4.20. The Hall–Kier alpha value is -1.000. The van der Waals surface area contributed by atoms with Crippen LogP contribution in [0.1, 0.15) is 18.4 Å². The first-order chi connectivity index (χ1) is 11.0. The Balaban J connectivity index is 1.75.